The minimum absolute atomic E-state index is 0.0628. The molecule has 0 saturated carbocycles. The summed E-state index contributed by atoms with van der Waals surface area (Å²) in [7, 11) is 0. The Bertz CT molecular complexity index is 866. The molecule has 0 fully saturated rings. The summed E-state index contributed by atoms with van der Waals surface area (Å²) in [6, 6.07) is 14.3. The fourth-order valence-corrected chi connectivity index (χ4v) is 3.85. The van der Waals surface area contributed by atoms with Gasteiger partial charge in [0.1, 0.15) is 5.75 Å². The number of halogens is 1. The zero-order valence-electron chi connectivity index (χ0n) is 18.8. The largest absolute Gasteiger partial charge is 0.423 e. The van der Waals surface area contributed by atoms with Crippen LogP contribution in [-0.2, 0) is 4.79 Å². The van der Waals surface area contributed by atoms with Crippen LogP contribution in [0.15, 0.2) is 53.6 Å². The number of rotatable bonds is 14. The van der Waals surface area contributed by atoms with Crippen molar-refractivity contribution in [2.45, 2.75) is 71.1 Å². The number of ether oxygens (including phenoxy) is 1. The van der Waals surface area contributed by atoms with Crippen LogP contribution in [0.3, 0.4) is 0 Å². The molecule has 2 aromatic rings. The first kappa shape index (κ1) is 26.0. The molecular weight excluding hydrogens is 515 g/mol. The average Bonchev–Trinajstić information content (AvgIpc) is 2.79. The van der Waals surface area contributed by atoms with Crippen molar-refractivity contribution in [1.82, 2.24) is 5.43 Å². The van der Waals surface area contributed by atoms with E-state index in [9.17, 15) is 9.59 Å². The van der Waals surface area contributed by atoms with Crippen molar-refractivity contribution in [2.24, 2.45) is 5.10 Å². The minimum atomic E-state index is -0.389. The summed E-state index contributed by atoms with van der Waals surface area (Å²) in [5.41, 5.74) is 3.92. The number of hydrogen-bond acceptors (Lipinski definition) is 4. The lowest BCUT2D eigenvalue weighted by atomic mass is 10.1. The molecule has 0 heterocycles. The molecule has 0 atom stereocenters. The molecule has 1 N–H and O–H groups in total. The summed E-state index contributed by atoms with van der Waals surface area (Å²) in [5, 5.41) is 4.01. The van der Waals surface area contributed by atoms with E-state index < -0.39 is 0 Å². The fraction of sp³-hybridized carbons (Fsp3) is 0.423. The fourth-order valence-electron chi connectivity index (χ4n) is 3.24. The standard InChI is InChI=1S/C26H33IN2O3/c1-2-3-4-5-6-7-8-9-10-15-25(30)29-28-20-21-16-18-22(19-17-21)32-26(31)23-13-11-12-14-24(23)27/h11-14,16-20H,2-10,15H2,1H3,(H,29,30). The quantitative estimate of drug-likeness (QED) is 0.0699. The Hall–Kier alpha value is -2.22. The molecule has 0 aliphatic rings. The van der Waals surface area contributed by atoms with Crippen LogP contribution >= 0.6 is 22.6 Å². The van der Waals surface area contributed by atoms with Gasteiger partial charge in [-0.1, -0.05) is 70.4 Å². The van der Waals surface area contributed by atoms with Crippen molar-refractivity contribution in [1.29, 1.82) is 0 Å². The number of carbonyl (C=O) groups excluding carboxylic acids is 2. The maximum Gasteiger partial charge on any atom is 0.344 e. The average molecular weight is 548 g/mol. The molecule has 2 aromatic carbocycles. The molecule has 0 radical (unpaired) electrons. The molecule has 6 heteroatoms. The van der Waals surface area contributed by atoms with Gasteiger partial charge in [0.15, 0.2) is 0 Å². The van der Waals surface area contributed by atoms with Crippen molar-refractivity contribution in [3.8, 4) is 5.75 Å². The molecule has 0 bridgehead atoms. The van der Waals surface area contributed by atoms with Crippen LogP contribution in [0.4, 0.5) is 0 Å². The maximum atomic E-state index is 12.3. The Morgan fingerprint density at radius 2 is 1.53 bits per heavy atom. The Morgan fingerprint density at radius 3 is 2.19 bits per heavy atom. The first-order valence-corrected chi connectivity index (χ1v) is 12.6. The van der Waals surface area contributed by atoms with Crippen LogP contribution < -0.4 is 10.2 Å². The molecule has 0 aromatic heterocycles. The van der Waals surface area contributed by atoms with E-state index in [1.807, 2.05) is 18.2 Å². The highest BCUT2D eigenvalue weighted by molar-refractivity contribution is 14.1. The molecule has 172 valence electrons. The first-order chi connectivity index (χ1) is 15.6. The number of carbonyl (C=O) groups is 2. The number of hydrazone groups is 1. The second kappa shape index (κ2) is 15.6. The van der Waals surface area contributed by atoms with Crippen molar-refractivity contribution in [3.05, 3.63) is 63.2 Å². The van der Waals surface area contributed by atoms with Crippen LogP contribution in [0.25, 0.3) is 0 Å². The number of esters is 1. The summed E-state index contributed by atoms with van der Waals surface area (Å²) in [5.74, 6) is 0.00795. The lowest BCUT2D eigenvalue weighted by molar-refractivity contribution is -0.121. The summed E-state index contributed by atoms with van der Waals surface area (Å²) in [4.78, 5) is 24.2. The van der Waals surface area contributed by atoms with E-state index in [0.717, 1.165) is 22.0 Å². The minimum Gasteiger partial charge on any atom is -0.423 e. The third-order valence-electron chi connectivity index (χ3n) is 5.09. The topological polar surface area (TPSA) is 67.8 Å². The van der Waals surface area contributed by atoms with Gasteiger partial charge in [-0.15, -0.1) is 0 Å². The summed E-state index contributed by atoms with van der Waals surface area (Å²) in [6.07, 6.45) is 13.1. The molecular formula is C26H33IN2O3. The van der Waals surface area contributed by atoms with E-state index in [2.05, 4.69) is 40.0 Å². The van der Waals surface area contributed by atoms with Crippen LogP contribution in [0.5, 0.6) is 5.75 Å². The van der Waals surface area contributed by atoms with Gasteiger partial charge in [0.25, 0.3) is 0 Å². The molecule has 0 aliphatic carbocycles. The van der Waals surface area contributed by atoms with Crippen molar-refractivity contribution in [2.75, 3.05) is 0 Å². The van der Waals surface area contributed by atoms with E-state index in [-0.39, 0.29) is 11.9 Å². The van der Waals surface area contributed by atoms with Gasteiger partial charge in [0.2, 0.25) is 5.91 Å². The predicted molar refractivity (Wildman–Crippen MR) is 138 cm³/mol. The van der Waals surface area contributed by atoms with Gasteiger partial charge in [-0.2, -0.15) is 5.10 Å². The normalized spacial score (nSPS) is 10.9. The first-order valence-electron chi connectivity index (χ1n) is 11.5. The zero-order valence-corrected chi connectivity index (χ0v) is 21.0. The Kier molecular flexibility index (Phi) is 12.7. The highest BCUT2D eigenvalue weighted by Crippen LogP contribution is 2.17. The highest BCUT2D eigenvalue weighted by atomic mass is 127. The van der Waals surface area contributed by atoms with Crippen LogP contribution in [0.1, 0.15) is 87.1 Å². The lowest BCUT2D eigenvalue weighted by Crippen LogP contribution is -2.16. The second-order valence-corrected chi connectivity index (χ2v) is 8.97. The summed E-state index contributed by atoms with van der Waals surface area (Å²) < 4.78 is 6.26. The third kappa shape index (κ3) is 10.4. The predicted octanol–water partition coefficient (Wildman–Crippen LogP) is 6.88. The number of hydrogen-bond donors (Lipinski definition) is 1. The van der Waals surface area contributed by atoms with Crippen molar-refractivity contribution in [3.63, 3.8) is 0 Å². The van der Waals surface area contributed by atoms with E-state index in [4.69, 9.17) is 4.74 Å². The number of nitrogens with one attached hydrogen (secondary N) is 1. The van der Waals surface area contributed by atoms with Gasteiger partial charge in [0.05, 0.1) is 11.8 Å². The highest BCUT2D eigenvalue weighted by Gasteiger charge is 2.11. The van der Waals surface area contributed by atoms with Crippen molar-refractivity contribution >= 4 is 40.7 Å². The van der Waals surface area contributed by atoms with E-state index in [0.29, 0.717) is 17.7 Å². The smallest absolute Gasteiger partial charge is 0.344 e. The Balaban J connectivity index is 1.63. The van der Waals surface area contributed by atoms with Gasteiger partial charge in [0, 0.05) is 9.99 Å². The zero-order chi connectivity index (χ0) is 23.0. The number of amides is 1. The van der Waals surface area contributed by atoms with Crippen molar-refractivity contribution < 1.29 is 14.3 Å². The number of nitrogens with zero attached hydrogens (tertiary/aromatic N) is 1. The molecule has 1 amide bonds. The Morgan fingerprint density at radius 1 is 0.906 bits per heavy atom. The number of benzene rings is 2. The van der Waals surface area contributed by atoms with Crippen LogP contribution in [-0.4, -0.2) is 18.1 Å². The van der Waals surface area contributed by atoms with E-state index in [1.165, 1.54) is 44.9 Å². The molecule has 2 rings (SSSR count). The Labute approximate surface area is 205 Å². The van der Waals surface area contributed by atoms with Crippen LogP contribution in [0.2, 0.25) is 0 Å². The monoisotopic (exact) mass is 548 g/mol. The van der Waals surface area contributed by atoms with E-state index >= 15 is 0 Å². The molecule has 32 heavy (non-hydrogen) atoms. The summed E-state index contributed by atoms with van der Waals surface area (Å²) >= 11 is 2.11. The van der Waals surface area contributed by atoms with E-state index in [1.54, 1.807) is 36.5 Å². The second-order valence-electron chi connectivity index (χ2n) is 7.81. The lowest BCUT2D eigenvalue weighted by Gasteiger charge is -2.06. The summed E-state index contributed by atoms with van der Waals surface area (Å²) in [6.45, 7) is 2.23. The third-order valence-corrected chi connectivity index (χ3v) is 6.04. The molecule has 5 nitrogen and oxygen atoms in total. The molecule has 0 spiro atoms. The molecule has 0 aliphatic heterocycles. The molecule has 0 saturated heterocycles. The van der Waals surface area contributed by atoms with Gasteiger partial charge in [-0.3, -0.25) is 4.79 Å². The van der Waals surface area contributed by atoms with Gasteiger partial charge >= 0.3 is 5.97 Å². The maximum absolute atomic E-state index is 12.3. The number of unbranched alkanes of at least 4 members (excludes halogenated alkanes) is 8. The van der Waals surface area contributed by atoms with Crippen LogP contribution in [0, 0.1) is 3.57 Å². The molecule has 0 unspecified atom stereocenters. The SMILES string of the molecule is CCCCCCCCCCCC(=O)NN=Cc1ccc(OC(=O)c2ccccc2I)cc1. The van der Waals surface area contributed by atoms with Gasteiger partial charge in [-0.05, 0) is 71.0 Å². The van der Waals surface area contributed by atoms with Gasteiger partial charge in [-0.25, -0.2) is 10.2 Å². The van der Waals surface area contributed by atoms with Gasteiger partial charge < -0.3 is 4.74 Å².